The molecule has 4 nitrogen and oxygen atoms in total. The number of alkyl halides is 2. The van der Waals surface area contributed by atoms with Crippen molar-refractivity contribution in [3.05, 3.63) is 58.9 Å². The largest absolute Gasteiger partial charge is 0.485 e. The third-order valence-electron chi connectivity index (χ3n) is 7.19. The first-order valence-corrected chi connectivity index (χ1v) is 12.6. The van der Waals surface area contributed by atoms with Crippen LogP contribution in [-0.2, 0) is 15.6 Å². The standard InChI is InChI=1S/C27H29F7O4/c1-2-3-15-4-6-16(7-5-15)17-12-36-23(37-13-17)14-35-22-9-8-19(24(30)26(22)32)27(33,34)38-18-10-20(28)25(31)21(29)11-18/h8-11,15-17,23H,2-7,12-14H2,1H3. The van der Waals surface area contributed by atoms with Crippen molar-refractivity contribution in [2.75, 3.05) is 19.8 Å². The highest BCUT2D eigenvalue weighted by Gasteiger charge is 2.40. The molecule has 4 rings (SSSR count). The molecule has 38 heavy (non-hydrogen) atoms. The van der Waals surface area contributed by atoms with Gasteiger partial charge < -0.3 is 18.9 Å². The molecule has 2 aromatic carbocycles. The summed E-state index contributed by atoms with van der Waals surface area (Å²) in [6.07, 6.45) is 1.71. The van der Waals surface area contributed by atoms with Gasteiger partial charge in [-0.05, 0) is 36.8 Å². The summed E-state index contributed by atoms with van der Waals surface area (Å²) in [5.41, 5.74) is -1.55. The van der Waals surface area contributed by atoms with Crippen LogP contribution in [0.15, 0.2) is 24.3 Å². The van der Waals surface area contributed by atoms with Crippen LogP contribution in [0.5, 0.6) is 11.5 Å². The van der Waals surface area contributed by atoms with Crippen molar-refractivity contribution < 1.29 is 49.7 Å². The second-order valence-corrected chi connectivity index (χ2v) is 9.80. The van der Waals surface area contributed by atoms with Crippen LogP contribution in [0, 0.1) is 46.8 Å². The quantitative estimate of drug-likeness (QED) is 0.240. The lowest BCUT2D eigenvalue weighted by molar-refractivity contribution is -0.220. The molecule has 2 aromatic rings. The van der Waals surface area contributed by atoms with Crippen LogP contribution in [-0.4, -0.2) is 26.1 Å². The van der Waals surface area contributed by atoms with Gasteiger partial charge in [0.05, 0.1) is 13.2 Å². The molecule has 1 heterocycles. The van der Waals surface area contributed by atoms with E-state index in [1.54, 1.807) is 0 Å². The van der Waals surface area contributed by atoms with E-state index in [-0.39, 0.29) is 24.7 Å². The number of benzene rings is 2. The van der Waals surface area contributed by atoms with Gasteiger partial charge in [0.1, 0.15) is 17.9 Å². The van der Waals surface area contributed by atoms with Gasteiger partial charge in [-0.15, -0.1) is 0 Å². The van der Waals surface area contributed by atoms with Crippen LogP contribution in [0.4, 0.5) is 30.7 Å². The first-order valence-electron chi connectivity index (χ1n) is 12.6. The van der Waals surface area contributed by atoms with Crippen molar-refractivity contribution in [3.8, 4) is 11.5 Å². The molecule has 1 saturated heterocycles. The highest BCUT2D eigenvalue weighted by atomic mass is 19.3. The van der Waals surface area contributed by atoms with Crippen molar-refractivity contribution in [2.24, 2.45) is 17.8 Å². The van der Waals surface area contributed by atoms with Crippen LogP contribution < -0.4 is 9.47 Å². The Kier molecular flexibility index (Phi) is 9.07. The number of hydrogen-bond donors (Lipinski definition) is 0. The molecular weight excluding hydrogens is 521 g/mol. The minimum absolute atomic E-state index is 0.157. The predicted octanol–water partition coefficient (Wildman–Crippen LogP) is 7.48. The molecule has 1 saturated carbocycles. The maximum atomic E-state index is 14.5. The van der Waals surface area contributed by atoms with Gasteiger partial charge in [0.25, 0.3) is 0 Å². The number of ether oxygens (including phenoxy) is 4. The van der Waals surface area contributed by atoms with E-state index in [0.29, 0.717) is 25.2 Å². The fraction of sp³-hybridized carbons (Fsp3) is 0.556. The molecule has 0 N–H and O–H groups in total. The molecule has 0 bridgehead atoms. The first-order chi connectivity index (χ1) is 18.1. The highest BCUT2D eigenvalue weighted by Crippen LogP contribution is 2.38. The summed E-state index contributed by atoms with van der Waals surface area (Å²) in [6, 6.07) is 1.59. The Bertz CT molecular complexity index is 1070. The Balaban J connectivity index is 1.31. The van der Waals surface area contributed by atoms with Gasteiger partial charge in [-0.25, -0.2) is 17.6 Å². The van der Waals surface area contributed by atoms with Gasteiger partial charge in [0, 0.05) is 18.1 Å². The Hall–Kier alpha value is -2.53. The minimum Gasteiger partial charge on any atom is -0.485 e. The van der Waals surface area contributed by atoms with E-state index in [1.165, 1.54) is 25.7 Å². The minimum atomic E-state index is -4.54. The molecule has 1 aliphatic carbocycles. The molecule has 0 aromatic heterocycles. The summed E-state index contributed by atoms with van der Waals surface area (Å²) in [5, 5.41) is 0. The van der Waals surface area contributed by atoms with Gasteiger partial charge >= 0.3 is 6.11 Å². The highest BCUT2D eigenvalue weighted by molar-refractivity contribution is 5.34. The zero-order chi connectivity index (χ0) is 27.4. The Labute approximate surface area is 216 Å². The van der Waals surface area contributed by atoms with Crippen LogP contribution in [0.1, 0.15) is 51.0 Å². The second-order valence-electron chi connectivity index (χ2n) is 9.80. The van der Waals surface area contributed by atoms with Crippen molar-refractivity contribution in [3.63, 3.8) is 0 Å². The summed E-state index contributed by atoms with van der Waals surface area (Å²) in [7, 11) is 0. The Morgan fingerprint density at radius 1 is 0.842 bits per heavy atom. The molecule has 0 atom stereocenters. The fourth-order valence-corrected chi connectivity index (χ4v) is 5.10. The zero-order valence-electron chi connectivity index (χ0n) is 20.8. The van der Waals surface area contributed by atoms with Gasteiger partial charge in [-0.3, -0.25) is 0 Å². The molecule has 11 heteroatoms. The van der Waals surface area contributed by atoms with Crippen LogP contribution in [0.2, 0.25) is 0 Å². The topological polar surface area (TPSA) is 36.9 Å². The molecule has 0 amide bonds. The normalized spacial score (nSPS) is 24.3. The van der Waals surface area contributed by atoms with Crippen molar-refractivity contribution in [1.82, 2.24) is 0 Å². The summed E-state index contributed by atoms with van der Waals surface area (Å²) in [4.78, 5) is 0. The maximum absolute atomic E-state index is 14.5. The molecule has 210 valence electrons. The van der Waals surface area contributed by atoms with Gasteiger partial charge in [0.15, 0.2) is 35.3 Å². The van der Waals surface area contributed by atoms with E-state index >= 15 is 0 Å². The van der Waals surface area contributed by atoms with E-state index in [9.17, 15) is 30.7 Å². The molecule has 0 spiro atoms. The van der Waals surface area contributed by atoms with E-state index in [4.69, 9.17) is 14.2 Å². The van der Waals surface area contributed by atoms with E-state index in [2.05, 4.69) is 11.7 Å². The van der Waals surface area contributed by atoms with Gasteiger partial charge in [0.2, 0.25) is 5.82 Å². The molecule has 0 radical (unpaired) electrons. The molecular formula is C27H29F7O4. The fourth-order valence-electron chi connectivity index (χ4n) is 5.10. The summed E-state index contributed by atoms with van der Waals surface area (Å²) in [5.74, 6) is -9.42. The van der Waals surface area contributed by atoms with Crippen LogP contribution in [0.25, 0.3) is 0 Å². The van der Waals surface area contributed by atoms with E-state index in [0.717, 1.165) is 24.8 Å². The number of halogens is 7. The number of hydrogen-bond acceptors (Lipinski definition) is 4. The van der Waals surface area contributed by atoms with Gasteiger partial charge in [-0.2, -0.15) is 13.2 Å². The lowest BCUT2D eigenvalue weighted by Crippen LogP contribution is -2.39. The Morgan fingerprint density at radius 2 is 1.47 bits per heavy atom. The summed E-state index contributed by atoms with van der Waals surface area (Å²) >= 11 is 0. The zero-order valence-corrected chi connectivity index (χ0v) is 20.8. The van der Waals surface area contributed by atoms with Crippen molar-refractivity contribution in [2.45, 2.75) is 57.8 Å². The SMILES string of the molecule is CCCC1CCC(C2COC(COc3ccc(C(F)(F)Oc4cc(F)c(F)c(F)c4)c(F)c3F)OC2)CC1. The second kappa shape index (κ2) is 12.1. The third-order valence-corrected chi connectivity index (χ3v) is 7.19. The van der Waals surface area contributed by atoms with Crippen LogP contribution >= 0.6 is 0 Å². The van der Waals surface area contributed by atoms with Gasteiger partial charge in [-0.1, -0.05) is 32.6 Å². The van der Waals surface area contributed by atoms with E-state index < -0.39 is 58.5 Å². The molecule has 1 aliphatic heterocycles. The first kappa shape index (κ1) is 28.5. The average Bonchev–Trinajstić information content (AvgIpc) is 2.88. The van der Waals surface area contributed by atoms with Crippen molar-refractivity contribution in [1.29, 1.82) is 0 Å². The Morgan fingerprint density at radius 3 is 2.08 bits per heavy atom. The van der Waals surface area contributed by atoms with Crippen molar-refractivity contribution >= 4 is 0 Å². The summed E-state index contributed by atoms with van der Waals surface area (Å²) < 4.78 is 118. The smallest absolute Gasteiger partial charge is 0.429 e. The maximum Gasteiger partial charge on any atom is 0.429 e. The van der Waals surface area contributed by atoms with Crippen LogP contribution in [0.3, 0.4) is 0 Å². The lowest BCUT2D eigenvalue weighted by Gasteiger charge is -2.37. The van der Waals surface area contributed by atoms with E-state index in [1.807, 2.05) is 0 Å². The molecule has 0 unspecified atom stereocenters. The average molecular weight is 551 g/mol. The summed E-state index contributed by atoms with van der Waals surface area (Å²) in [6.45, 7) is 2.78. The lowest BCUT2D eigenvalue weighted by atomic mass is 9.75. The monoisotopic (exact) mass is 550 g/mol. The third kappa shape index (κ3) is 6.54. The molecule has 2 aliphatic rings. The number of rotatable bonds is 9. The predicted molar refractivity (Wildman–Crippen MR) is 122 cm³/mol. The molecule has 2 fully saturated rings.